The van der Waals surface area contributed by atoms with Gasteiger partial charge in [-0.15, -0.1) is 11.3 Å². The number of fused-ring (bicyclic) bond motifs is 1. The Morgan fingerprint density at radius 1 is 1.11 bits per heavy atom. The van der Waals surface area contributed by atoms with Gasteiger partial charge in [0.25, 0.3) is 0 Å². The summed E-state index contributed by atoms with van der Waals surface area (Å²) < 4.78 is 5.46. The third-order valence-electron chi connectivity index (χ3n) is 5.77. The van der Waals surface area contributed by atoms with Gasteiger partial charge in [0, 0.05) is 59.7 Å². The van der Waals surface area contributed by atoms with E-state index in [2.05, 4.69) is 31.2 Å². The number of thiazole rings is 1. The molecule has 1 aliphatic rings. The van der Waals surface area contributed by atoms with Gasteiger partial charge < -0.3 is 15.0 Å². The van der Waals surface area contributed by atoms with Crippen molar-refractivity contribution in [2.24, 2.45) is 0 Å². The van der Waals surface area contributed by atoms with Crippen LogP contribution in [0.25, 0.3) is 33.0 Å². The minimum absolute atomic E-state index is 0.0170. The molecule has 4 heterocycles. The molecule has 1 aliphatic heterocycles. The fourth-order valence-corrected chi connectivity index (χ4v) is 4.91. The van der Waals surface area contributed by atoms with Crippen molar-refractivity contribution in [2.45, 2.75) is 45.3 Å². The number of anilines is 1. The lowest BCUT2D eigenvalue weighted by Gasteiger charge is -2.35. The fraction of sp³-hybridized carbons (Fsp3) is 0.346. The maximum absolute atomic E-state index is 12.3. The zero-order valence-electron chi connectivity index (χ0n) is 20.1. The summed E-state index contributed by atoms with van der Waals surface area (Å²) in [6.45, 7) is 7.23. The van der Waals surface area contributed by atoms with E-state index < -0.39 is 5.60 Å². The van der Waals surface area contributed by atoms with Crippen molar-refractivity contribution in [1.29, 1.82) is 0 Å². The molecule has 0 aliphatic carbocycles. The van der Waals surface area contributed by atoms with Crippen molar-refractivity contribution in [2.75, 3.05) is 18.0 Å². The molecule has 35 heavy (non-hydrogen) atoms. The van der Waals surface area contributed by atoms with Gasteiger partial charge in [-0.3, -0.25) is 4.98 Å². The number of pyridine rings is 1. The van der Waals surface area contributed by atoms with Crippen LogP contribution >= 0.6 is 11.3 Å². The maximum atomic E-state index is 12.3. The van der Waals surface area contributed by atoms with Crippen LogP contribution in [0.1, 0.15) is 33.6 Å². The number of hydrogen-bond donors (Lipinski definition) is 1. The van der Waals surface area contributed by atoms with Gasteiger partial charge in [0.05, 0.1) is 5.52 Å². The topological polar surface area (TPSA) is 93.1 Å². The van der Waals surface area contributed by atoms with Gasteiger partial charge in [-0.1, -0.05) is 0 Å². The summed E-state index contributed by atoms with van der Waals surface area (Å²) in [4.78, 5) is 32.8. The molecular formula is C26H28N6O2S. The van der Waals surface area contributed by atoms with Crippen molar-refractivity contribution < 1.29 is 9.53 Å². The average Bonchev–Trinajstić information content (AvgIpc) is 3.37. The van der Waals surface area contributed by atoms with Crippen molar-refractivity contribution in [3.63, 3.8) is 0 Å². The van der Waals surface area contributed by atoms with Crippen LogP contribution in [-0.2, 0) is 4.74 Å². The molecule has 3 aromatic heterocycles. The monoisotopic (exact) mass is 488 g/mol. The predicted octanol–water partition coefficient (Wildman–Crippen LogP) is 5.31. The van der Waals surface area contributed by atoms with E-state index in [0.717, 1.165) is 52.2 Å². The molecule has 9 heteroatoms. The SMILES string of the molecule is CC(C)(C)OC(=O)NC1CCCN(c2ccnc3ccc(-c4nccc(-c5nccs5)n4)cc23)C1. The predicted molar refractivity (Wildman–Crippen MR) is 138 cm³/mol. The van der Waals surface area contributed by atoms with Crippen LogP contribution in [0, 0.1) is 0 Å². The highest BCUT2D eigenvalue weighted by atomic mass is 32.1. The minimum Gasteiger partial charge on any atom is -0.444 e. The summed E-state index contributed by atoms with van der Waals surface area (Å²) in [6, 6.07) is 10.0. The summed E-state index contributed by atoms with van der Waals surface area (Å²) in [6.07, 6.45) is 6.90. The van der Waals surface area contributed by atoms with E-state index in [1.54, 1.807) is 23.7 Å². The Labute approximate surface area is 208 Å². The Hall–Kier alpha value is -3.59. The molecule has 0 bridgehead atoms. The molecule has 0 saturated carbocycles. The van der Waals surface area contributed by atoms with Gasteiger partial charge in [-0.2, -0.15) is 0 Å². The highest BCUT2D eigenvalue weighted by Gasteiger charge is 2.25. The first-order chi connectivity index (χ1) is 16.9. The summed E-state index contributed by atoms with van der Waals surface area (Å²) in [5.74, 6) is 0.650. The lowest BCUT2D eigenvalue weighted by molar-refractivity contribution is 0.0500. The molecule has 1 atom stereocenters. The van der Waals surface area contributed by atoms with Gasteiger partial charge >= 0.3 is 6.09 Å². The fourth-order valence-electron chi connectivity index (χ4n) is 4.30. The molecule has 5 rings (SSSR count). The van der Waals surface area contributed by atoms with E-state index in [4.69, 9.17) is 9.72 Å². The number of nitrogens with zero attached hydrogens (tertiary/aromatic N) is 5. The first kappa shape index (κ1) is 23.2. The molecular weight excluding hydrogens is 460 g/mol. The van der Waals surface area contributed by atoms with Gasteiger partial charge in [-0.05, 0) is 63.9 Å². The quantitative estimate of drug-likeness (QED) is 0.416. The van der Waals surface area contributed by atoms with E-state index in [9.17, 15) is 4.79 Å². The normalized spacial score (nSPS) is 16.3. The standard InChI is InChI=1S/C26H28N6O2S/c1-26(2,3)34-25(33)30-18-5-4-13-32(16-18)22-9-11-27-20-7-6-17(15-19(20)22)23-28-10-8-21(31-23)24-29-12-14-35-24/h6-12,14-15,18H,4-5,13,16H2,1-3H3,(H,30,33). The van der Waals surface area contributed by atoms with Gasteiger partial charge in [0.15, 0.2) is 5.82 Å². The first-order valence-electron chi connectivity index (χ1n) is 11.7. The summed E-state index contributed by atoms with van der Waals surface area (Å²) in [7, 11) is 0. The zero-order valence-corrected chi connectivity index (χ0v) is 20.9. The molecule has 1 aromatic carbocycles. The summed E-state index contributed by atoms with van der Waals surface area (Å²) >= 11 is 1.55. The number of piperidine rings is 1. The zero-order chi connectivity index (χ0) is 24.4. The molecule has 1 N–H and O–H groups in total. The van der Waals surface area contributed by atoms with Crippen LogP contribution in [0.5, 0.6) is 0 Å². The van der Waals surface area contributed by atoms with E-state index in [-0.39, 0.29) is 12.1 Å². The lowest BCUT2D eigenvalue weighted by Crippen LogP contribution is -2.49. The van der Waals surface area contributed by atoms with Crippen LogP contribution < -0.4 is 10.2 Å². The summed E-state index contributed by atoms with van der Waals surface area (Å²) in [5.41, 5.74) is 3.21. The number of benzene rings is 1. The second-order valence-electron chi connectivity index (χ2n) is 9.60. The summed E-state index contributed by atoms with van der Waals surface area (Å²) in [5, 5.41) is 6.88. The van der Waals surface area contributed by atoms with Gasteiger partial charge in [-0.25, -0.2) is 19.7 Å². The molecule has 8 nitrogen and oxygen atoms in total. The number of amides is 1. The first-order valence-corrected chi connectivity index (χ1v) is 12.6. The van der Waals surface area contributed by atoms with E-state index in [1.807, 2.05) is 56.6 Å². The van der Waals surface area contributed by atoms with Crippen LogP contribution in [0.4, 0.5) is 10.5 Å². The second-order valence-corrected chi connectivity index (χ2v) is 10.5. The van der Waals surface area contributed by atoms with Crippen LogP contribution in [0.2, 0.25) is 0 Å². The number of aromatic nitrogens is 4. The molecule has 180 valence electrons. The maximum Gasteiger partial charge on any atom is 0.407 e. The number of ether oxygens (including phenoxy) is 1. The smallest absolute Gasteiger partial charge is 0.407 e. The highest BCUT2D eigenvalue weighted by Crippen LogP contribution is 2.31. The minimum atomic E-state index is -0.519. The van der Waals surface area contributed by atoms with E-state index >= 15 is 0 Å². The molecule has 0 spiro atoms. The van der Waals surface area contributed by atoms with Crippen LogP contribution in [-0.4, -0.2) is 50.8 Å². The van der Waals surface area contributed by atoms with Gasteiger partial charge in [0.2, 0.25) is 0 Å². The highest BCUT2D eigenvalue weighted by molar-refractivity contribution is 7.13. The van der Waals surface area contributed by atoms with Crippen LogP contribution in [0.15, 0.2) is 54.3 Å². The number of carbonyl (C=O) groups excluding carboxylic acids is 1. The molecule has 1 amide bonds. The Balaban J connectivity index is 1.42. The van der Waals surface area contributed by atoms with Crippen LogP contribution in [0.3, 0.4) is 0 Å². The molecule has 1 unspecified atom stereocenters. The molecule has 1 fully saturated rings. The number of hydrogen-bond acceptors (Lipinski definition) is 8. The van der Waals surface area contributed by atoms with Crippen molar-refractivity contribution in [1.82, 2.24) is 25.3 Å². The second kappa shape index (κ2) is 9.58. The largest absolute Gasteiger partial charge is 0.444 e. The Morgan fingerprint density at radius 2 is 1.97 bits per heavy atom. The number of carbonyl (C=O) groups is 1. The van der Waals surface area contributed by atoms with Crippen molar-refractivity contribution in [3.8, 4) is 22.1 Å². The lowest BCUT2D eigenvalue weighted by atomic mass is 10.0. The van der Waals surface area contributed by atoms with Crippen molar-refractivity contribution in [3.05, 3.63) is 54.3 Å². The third-order valence-corrected chi connectivity index (χ3v) is 6.56. The Kier molecular flexibility index (Phi) is 6.34. The Morgan fingerprint density at radius 3 is 2.77 bits per heavy atom. The third kappa shape index (κ3) is 5.40. The van der Waals surface area contributed by atoms with Gasteiger partial charge in [0.1, 0.15) is 16.3 Å². The number of alkyl carbamates (subject to hydrolysis) is 1. The number of nitrogens with one attached hydrogen (secondary N) is 1. The molecule has 4 aromatic rings. The van der Waals surface area contributed by atoms with Crippen molar-refractivity contribution >= 4 is 34.0 Å². The average molecular weight is 489 g/mol. The molecule has 0 radical (unpaired) electrons. The van der Waals surface area contributed by atoms with E-state index in [0.29, 0.717) is 12.4 Å². The number of rotatable bonds is 4. The Bertz CT molecular complexity index is 1340. The van der Waals surface area contributed by atoms with E-state index in [1.165, 1.54) is 0 Å². The molecule has 1 saturated heterocycles.